The van der Waals surface area contributed by atoms with E-state index < -0.39 is 6.04 Å². The maximum Gasteiger partial charge on any atom is 0.338 e. The Bertz CT molecular complexity index is 933. The van der Waals surface area contributed by atoms with Crippen molar-refractivity contribution in [2.75, 3.05) is 0 Å². The van der Waals surface area contributed by atoms with Gasteiger partial charge in [0.15, 0.2) is 0 Å². The molecule has 6 nitrogen and oxygen atoms in total. The lowest BCUT2D eigenvalue weighted by Gasteiger charge is -2.29. The molecule has 1 aliphatic heterocycles. The second-order valence-electron chi connectivity index (χ2n) is 7.37. The Morgan fingerprint density at radius 3 is 2.48 bits per heavy atom. The number of amides is 2. The summed E-state index contributed by atoms with van der Waals surface area (Å²) in [6, 6.07) is 15.9. The first kappa shape index (κ1) is 19.1. The number of allylic oxidation sites excluding steroid dienone is 1. The minimum Gasteiger partial charge on any atom is -0.459 e. The molecular weight excluding hydrogens is 368 g/mol. The van der Waals surface area contributed by atoms with Crippen LogP contribution in [0.2, 0.25) is 0 Å². The molecule has 1 aliphatic carbocycles. The molecule has 6 heteroatoms. The average molecular weight is 392 g/mol. The second kappa shape index (κ2) is 8.39. The molecule has 2 amide bonds. The number of ether oxygens (including phenoxy) is 2. The number of hydrogen-bond acceptors (Lipinski definition) is 4. The van der Waals surface area contributed by atoms with E-state index in [1.165, 1.54) is 0 Å². The van der Waals surface area contributed by atoms with Gasteiger partial charge in [0.05, 0.1) is 11.6 Å². The summed E-state index contributed by atoms with van der Waals surface area (Å²) < 4.78 is 11.6. The molecular formula is C23H24N2O4. The van der Waals surface area contributed by atoms with E-state index in [9.17, 15) is 9.59 Å². The van der Waals surface area contributed by atoms with Gasteiger partial charge in [-0.3, -0.25) is 0 Å². The predicted octanol–water partition coefficient (Wildman–Crippen LogP) is 4.59. The molecule has 0 radical (unpaired) electrons. The minimum atomic E-state index is -0.600. The molecule has 2 aromatic carbocycles. The first-order chi connectivity index (χ1) is 14.1. The van der Waals surface area contributed by atoms with Crippen molar-refractivity contribution in [2.45, 2.75) is 44.8 Å². The standard InChI is InChI=1S/C23H24N2O4/c1-15-20(22(26)29-18-11-5-6-12-18)21(25-23(27)24-15)16-8-7-13-19(14-16)28-17-9-3-2-4-10-17/h2-4,7-10,13-14,18,21H,5-6,11-12H2,1H3,(H2,24,25,27). The van der Waals surface area contributed by atoms with Crippen molar-refractivity contribution in [3.05, 3.63) is 71.4 Å². The van der Waals surface area contributed by atoms with E-state index in [4.69, 9.17) is 9.47 Å². The lowest BCUT2D eigenvalue weighted by atomic mass is 9.95. The smallest absolute Gasteiger partial charge is 0.338 e. The first-order valence-electron chi connectivity index (χ1n) is 9.92. The highest BCUT2D eigenvalue weighted by atomic mass is 16.5. The quantitative estimate of drug-likeness (QED) is 0.730. The summed E-state index contributed by atoms with van der Waals surface area (Å²) in [5, 5.41) is 5.53. The lowest BCUT2D eigenvalue weighted by molar-refractivity contribution is -0.144. The van der Waals surface area contributed by atoms with Crippen LogP contribution in [-0.2, 0) is 9.53 Å². The molecule has 1 atom stereocenters. The Morgan fingerprint density at radius 2 is 1.72 bits per heavy atom. The molecule has 1 saturated carbocycles. The van der Waals surface area contributed by atoms with E-state index in [0.717, 1.165) is 31.2 Å². The zero-order chi connectivity index (χ0) is 20.2. The molecule has 29 heavy (non-hydrogen) atoms. The number of nitrogens with one attached hydrogen (secondary N) is 2. The molecule has 1 fully saturated rings. The topological polar surface area (TPSA) is 76.7 Å². The van der Waals surface area contributed by atoms with Gasteiger partial charge in [0.2, 0.25) is 0 Å². The van der Waals surface area contributed by atoms with Crippen molar-refractivity contribution in [1.29, 1.82) is 0 Å². The van der Waals surface area contributed by atoms with Gasteiger partial charge in [0, 0.05) is 5.70 Å². The first-order valence-corrected chi connectivity index (χ1v) is 9.92. The largest absolute Gasteiger partial charge is 0.459 e. The van der Waals surface area contributed by atoms with Crippen molar-refractivity contribution < 1.29 is 19.1 Å². The van der Waals surface area contributed by atoms with Crippen LogP contribution in [0.4, 0.5) is 4.79 Å². The molecule has 0 spiro atoms. The van der Waals surface area contributed by atoms with Crippen LogP contribution in [-0.4, -0.2) is 18.1 Å². The summed E-state index contributed by atoms with van der Waals surface area (Å²) in [5.41, 5.74) is 1.69. The van der Waals surface area contributed by atoms with Gasteiger partial charge in [-0.2, -0.15) is 0 Å². The molecule has 4 rings (SSSR count). The summed E-state index contributed by atoms with van der Waals surface area (Å²) in [6.45, 7) is 1.72. The highest BCUT2D eigenvalue weighted by molar-refractivity contribution is 5.95. The van der Waals surface area contributed by atoms with Gasteiger partial charge in [-0.15, -0.1) is 0 Å². The molecule has 1 unspecified atom stereocenters. The highest BCUT2D eigenvalue weighted by Gasteiger charge is 2.34. The van der Waals surface area contributed by atoms with Gasteiger partial charge in [-0.05, 0) is 62.4 Å². The van der Waals surface area contributed by atoms with Gasteiger partial charge >= 0.3 is 12.0 Å². The number of esters is 1. The number of benzene rings is 2. The van der Waals surface area contributed by atoms with Gasteiger partial charge in [-0.25, -0.2) is 9.59 Å². The van der Waals surface area contributed by atoms with Gasteiger partial charge < -0.3 is 20.1 Å². The fraction of sp³-hybridized carbons (Fsp3) is 0.304. The highest BCUT2D eigenvalue weighted by Crippen LogP contribution is 2.32. The van der Waals surface area contributed by atoms with Crippen LogP contribution in [0.15, 0.2) is 65.9 Å². The number of hydrogen-bond donors (Lipinski definition) is 2. The molecule has 0 aromatic heterocycles. The number of carbonyl (C=O) groups excluding carboxylic acids is 2. The molecule has 2 aromatic rings. The van der Waals surface area contributed by atoms with Crippen LogP contribution >= 0.6 is 0 Å². The van der Waals surface area contributed by atoms with Gasteiger partial charge in [0.25, 0.3) is 0 Å². The Balaban J connectivity index is 1.60. The summed E-state index contributed by atoms with van der Waals surface area (Å²) in [4.78, 5) is 25.0. The maximum absolute atomic E-state index is 12.9. The van der Waals surface area contributed by atoms with Gasteiger partial charge in [0.1, 0.15) is 17.6 Å². The van der Waals surface area contributed by atoms with Crippen molar-refractivity contribution in [3.63, 3.8) is 0 Å². The Kier molecular flexibility index (Phi) is 5.51. The Morgan fingerprint density at radius 1 is 1.00 bits per heavy atom. The van der Waals surface area contributed by atoms with Crippen molar-refractivity contribution >= 4 is 12.0 Å². The minimum absolute atomic E-state index is 0.0474. The molecule has 2 N–H and O–H groups in total. The summed E-state index contributed by atoms with van der Waals surface area (Å²) >= 11 is 0. The zero-order valence-electron chi connectivity index (χ0n) is 16.3. The normalized spacial score (nSPS) is 19.5. The summed E-state index contributed by atoms with van der Waals surface area (Å²) in [5.74, 6) is 0.954. The lowest BCUT2D eigenvalue weighted by Crippen LogP contribution is -2.45. The monoisotopic (exact) mass is 392 g/mol. The van der Waals surface area contributed by atoms with E-state index >= 15 is 0 Å². The molecule has 1 heterocycles. The van der Waals surface area contributed by atoms with Crippen molar-refractivity contribution in [1.82, 2.24) is 10.6 Å². The Hall–Kier alpha value is -3.28. The SMILES string of the molecule is CC1=C(C(=O)OC2CCCC2)C(c2cccc(Oc3ccccc3)c2)NC(=O)N1. The molecule has 0 bridgehead atoms. The third kappa shape index (κ3) is 4.42. The Labute approximate surface area is 169 Å². The fourth-order valence-electron chi connectivity index (χ4n) is 3.82. The van der Waals surface area contributed by atoms with Crippen molar-refractivity contribution in [3.8, 4) is 11.5 Å². The van der Waals surface area contributed by atoms with E-state index in [1.807, 2.05) is 54.6 Å². The van der Waals surface area contributed by atoms with E-state index in [1.54, 1.807) is 6.92 Å². The van der Waals surface area contributed by atoms with E-state index in [-0.39, 0.29) is 18.1 Å². The van der Waals surface area contributed by atoms with Crippen LogP contribution in [0.1, 0.15) is 44.2 Å². The maximum atomic E-state index is 12.9. The molecule has 2 aliphatic rings. The van der Waals surface area contributed by atoms with Crippen LogP contribution in [0, 0.1) is 0 Å². The average Bonchev–Trinajstić information content (AvgIpc) is 3.21. The third-order valence-electron chi connectivity index (χ3n) is 5.24. The van der Waals surface area contributed by atoms with Crippen LogP contribution < -0.4 is 15.4 Å². The number of urea groups is 1. The van der Waals surface area contributed by atoms with E-state index in [2.05, 4.69) is 10.6 Å². The number of carbonyl (C=O) groups is 2. The van der Waals surface area contributed by atoms with Crippen molar-refractivity contribution in [2.24, 2.45) is 0 Å². The molecule has 150 valence electrons. The fourth-order valence-corrected chi connectivity index (χ4v) is 3.82. The zero-order valence-corrected chi connectivity index (χ0v) is 16.3. The van der Waals surface area contributed by atoms with E-state index in [0.29, 0.717) is 22.8 Å². The van der Waals surface area contributed by atoms with Crippen LogP contribution in [0.3, 0.4) is 0 Å². The number of para-hydroxylation sites is 1. The molecule has 0 saturated heterocycles. The van der Waals surface area contributed by atoms with Crippen LogP contribution in [0.5, 0.6) is 11.5 Å². The number of rotatable bonds is 5. The van der Waals surface area contributed by atoms with Crippen LogP contribution in [0.25, 0.3) is 0 Å². The third-order valence-corrected chi connectivity index (χ3v) is 5.24. The van der Waals surface area contributed by atoms with Gasteiger partial charge in [-0.1, -0.05) is 30.3 Å². The predicted molar refractivity (Wildman–Crippen MR) is 108 cm³/mol. The second-order valence-corrected chi connectivity index (χ2v) is 7.37. The summed E-state index contributed by atoms with van der Waals surface area (Å²) in [6.07, 6.45) is 3.89. The summed E-state index contributed by atoms with van der Waals surface area (Å²) in [7, 11) is 0.